The van der Waals surface area contributed by atoms with Crippen molar-refractivity contribution in [3.63, 3.8) is 0 Å². The van der Waals surface area contributed by atoms with Gasteiger partial charge in [-0.3, -0.25) is 4.79 Å². The summed E-state index contributed by atoms with van der Waals surface area (Å²) >= 11 is 0. The first kappa shape index (κ1) is 15.9. The number of benzene rings is 1. The Labute approximate surface area is 123 Å². The van der Waals surface area contributed by atoms with Crippen molar-refractivity contribution in [3.05, 3.63) is 35.4 Å². The largest absolute Gasteiger partial charge is 0.381 e. The van der Waals surface area contributed by atoms with Gasteiger partial charge < -0.3 is 10.0 Å². The van der Waals surface area contributed by atoms with Crippen LogP contribution in [0.3, 0.4) is 0 Å². The molecule has 1 amide bonds. The third kappa shape index (κ3) is 4.00. The number of aliphatic hydroxyl groups is 1. The average Bonchev–Trinajstić information content (AvgIpc) is 2.85. The van der Waals surface area contributed by atoms with Crippen LogP contribution in [0.1, 0.15) is 37.8 Å². The van der Waals surface area contributed by atoms with Crippen LogP contribution >= 0.6 is 0 Å². The highest BCUT2D eigenvalue weighted by Crippen LogP contribution is 2.25. The summed E-state index contributed by atoms with van der Waals surface area (Å²) in [6, 6.07) is 6.35. The first-order valence-electron chi connectivity index (χ1n) is 7.16. The Morgan fingerprint density at radius 2 is 2.00 bits per heavy atom. The van der Waals surface area contributed by atoms with Crippen molar-refractivity contribution in [1.82, 2.24) is 4.90 Å². The first-order valence-corrected chi connectivity index (χ1v) is 7.16. The predicted molar refractivity (Wildman–Crippen MR) is 76.1 cm³/mol. The van der Waals surface area contributed by atoms with Crippen molar-refractivity contribution in [2.75, 3.05) is 13.1 Å². The number of carbonyl (C=O) groups is 1. The van der Waals surface area contributed by atoms with Crippen molar-refractivity contribution in [2.24, 2.45) is 5.92 Å². The number of hydrogen-bond donors (Lipinski definition) is 1. The first-order chi connectivity index (χ1) is 9.77. The summed E-state index contributed by atoms with van der Waals surface area (Å²) in [5, 5.41) is 9.74. The summed E-state index contributed by atoms with van der Waals surface area (Å²) in [7, 11) is 0. The normalized spacial score (nSPS) is 19.3. The predicted octanol–water partition coefficient (Wildman–Crippen LogP) is 2.79. The van der Waals surface area contributed by atoms with E-state index in [2.05, 4.69) is 0 Å². The minimum atomic E-state index is -2.44. The molecule has 5 heteroatoms. The number of hydrogen-bond acceptors (Lipinski definition) is 2. The molecule has 3 nitrogen and oxygen atoms in total. The van der Waals surface area contributed by atoms with Crippen LogP contribution in [-0.2, 0) is 11.2 Å². The molecule has 1 fully saturated rings. The standard InChI is InChI=1S/C16H21F2NO2/c1-16(2,21)15(20)19-8-7-12(10-19)9-11-3-5-13(6-4-11)14(17)18/h3-6,12,14,21H,7-10H2,1-2H3/t12-/m1/s1. The third-order valence-electron chi connectivity index (χ3n) is 3.85. The molecule has 1 aromatic carbocycles. The Morgan fingerprint density at radius 3 is 2.52 bits per heavy atom. The number of rotatable bonds is 4. The van der Waals surface area contributed by atoms with Crippen LogP contribution in [-0.4, -0.2) is 34.6 Å². The highest BCUT2D eigenvalue weighted by Gasteiger charge is 2.34. The van der Waals surface area contributed by atoms with Gasteiger partial charge in [-0.15, -0.1) is 0 Å². The van der Waals surface area contributed by atoms with Gasteiger partial charge in [0.25, 0.3) is 12.3 Å². The van der Waals surface area contributed by atoms with Crippen molar-refractivity contribution < 1.29 is 18.7 Å². The molecule has 2 rings (SSSR count). The van der Waals surface area contributed by atoms with Gasteiger partial charge in [0, 0.05) is 18.7 Å². The van der Waals surface area contributed by atoms with Crippen molar-refractivity contribution in [2.45, 2.75) is 38.7 Å². The van der Waals surface area contributed by atoms with Crippen LogP contribution in [0.15, 0.2) is 24.3 Å². The lowest BCUT2D eigenvalue weighted by atomic mass is 9.98. The zero-order valence-electron chi connectivity index (χ0n) is 12.4. The maximum Gasteiger partial charge on any atom is 0.263 e. The molecule has 1 saturated heterocycles. The second kappa shape index (κ2) is 6.10. The van der Waals surface area contributed by atoms with Gasteiger partial charge in [-0.1, -0.05) is 24.3 Å². The molecule has 0 radical (unpaired) electrons. The number of carbonyl (C=O) groups excluding carboxylic acids is 1. The van der Waals surface area contributed by atoms with E-state index in [4.69, 9.17) is 0 Å². The molecule has 0 saturated carbocycles. The van der Waals surface area contributed by atoms with E-state index in [1.807, 2.05) is 0 Å². The zero-order valence-corrected chi connectivity index (χ0v) is 12.4. The lowest BCUT2D eigenvalue weighted by molar-refractivity contribution is -0.146. The van der Waals surface area contributed by atoms with Crippen molar-refractivity contribution in [3.8, 4) is 0 Å². The van der Waals surface area contributed by atoms with Crippen LogP contribution in [0, 0.1) is 5.92 Å². The summed E-state index contributed by atoms with van der Waals surface area (Å²) in [5.74, 6) is 0.0618. The minimum Gasteiger partial charge on any atom is -0.381 e. The molecule has 1 heterocycles. The monoisotopic (exact) mass is 297 g/mol. The second-order valence-electron chi connectivity index (χ2n) is 6.21. The van der Waals surface area contributed by atoms with Gasteiger partial charge in [-0.05, 0) is 38.2 Å². The van der Waals surface area contributed by atoms with E-state index < -0.39 is 12.0 Å². The molecule has 0 aromatic heterocycles. The lowest BCUT2D eigenvalue weighted by Crippen LogP contribution is -2.44. The summed E-state index contributed by atoms with van der Waals surface area (Å²) in [4.78, 5) is 13.7. The smallest absolute Gasteiger partial charge is 0.263 e. The molecular formula is C16H21F2NO2. The van der Waals surface area contributed by atoms with Crippen LogP contribution < -0.4 is 0 Å². The zero-order chi connectivity index (χ0) is 15.6. The van der Waals surface area contributed by atoms with Gasteiger partial charge in [0.2, 0.25) is 0 Å². The van der Waals surface area contributed by atoms with Crippen molar-refractivity contribution in [1.29, 1.82) is 0 Å². The van der Waals surface area contributed by atoms with E-state index in [-0.39, 0.29) is 11.5 Å². The minimum absolute atomic E-state index is 0.0315. The van der Waals surface area contributed by atoms with Gasteiger partial charge in [-0.25, -0.2) is 8.78 Å². The Bertz CT molecular complexity index is 494. The average molecular weight is 297 g/mol. The van der Waals surface area contributed by atoms with Gasteiger partial charge in [0.1, 0.15) is 5.60 Å². The Morgan fingerprint density at radius 1 is 1.38 bits per heavy atom. The fraction of sp³-hybridized carbons (Fsp3) is 0.562. The number of alkyl halides is 2. The van der Waals surface area contributed by atoms with Gasteiger partial charge in [0.15, 0.2) is 0 Å². The summed E-state index contributed by atoms with van der Waals surface area (Å²) in [6.07, 6.45) is -0.803. The highest BCUT2D eigenvalue weighted by molar-refractivity contribution is 5.84. The SMILES string of the molecule is CC(C)(O)C(=O)N1CC[C@H](Cc2ccc(C(F)F)cc2)C1. The summed E-state index contributed by atoms with van der Waals surface area (Å²) in [5.41, 5.74) is -0.306. The topological polar surface area (TPSA) is 40.5 Å². The second-order valence-corrected chi connectivity index (χ2v) is 6.21. The fourth-order valence-electron chi connectivity index (χ4n) is 2.70. The third-order valence-corrected chi connectivity index (χ3v) is 3.85. The van der Waals surface area contributed by atoms with E-state index in [0.717, 1.165) is 18.4 Å². The molecule has 0 spiro atoms. The van der Waals surface area contributed by atoms with Crippen LogP contribution in [0.2, 0.25) is 0 Å². The highest BCUT2D eigenvalue weighted by atomic mass is 19.3. The number of nitrogens with zero attached hydrogens (tertiary/aromatic N) is 1. The molecule has 1 aliphatic rings. The van der Waals surface area contributed by atoms with E-state index >= 15 is 0 Å². The number of amides is 1. The Kier molecular flexibility index (Phi) is 4.61. The molecule has 1 aliphatic heterocycles. The van der Waals surface area contributed by atoms with Gasteiger partial charge >= 0.3 is 0 Å². The van der Waals surface area contributed by atoms with Gasteiger partial charge in [-0.2, -0.15) is 0 Å². The molecule has 1 aromatic rings. The Balaban J connectivity index is 1.92. The molecule has 21 heavy (non-hydrogen) atoms. The van der Waals surface area contributed by atoms with Gasteiger partial charge in [0.05, 0.1) is 0 Å². The number of halogens is 2. The van der Waals surface area contributed by atoms with E-state index in [1.165, 1.54) is 26.0 Å². The molecule has 0 bridgehead atoms. The molecule has 1 atom stereocenters. The van der Waals surface area contributed by atoms with Crippen molar-refractivity contribution >= 4 is 5.91 Å². The quantitative estimate of drug-likeness (QED) is 0.928. The number of likely N-dealkylation sites (tertiary alicyclic amines) is 1. The molecule has 0 aliphatic carbocycles. The molecule has 1 N–H and O–H groups in total. The maximum absolute atomic E-state index is 12.5. The fourth-order valence-corrected chi connectivity index (χ4v) is 2.70. The van der Waals surface area contributed by atoms with Crippen LogP contribution in [0.25, 0.3) is 0 Å². The van der Waals surface area contributed by atoms with E-state index in [9.17, 15) is 18.7 Å². The lowest BCUT2D eigenvalue weighted by Gasteiger charge is -2.24. The Hall–Kier alpha value is -1.49. The summed E-state index contributed by atoms with van der Waals surface area (Å²) < 4.78 is 25.0. The van der Waals surface area contributed by atoms with Crippen LogP contribution in [0.5, 0.6) is 0 Å². The maximum atomic E-state index is 12.5. The molecular weight excluding hydrogens is 276 g/mol. The van der Waals surface area contributed by atoms with E-state index in [1.54, 1.807) is 17.0 Å². The molecule has 0 unspecified atom stereocenters. The molecule has 116 valence electrons. The van der Waals surface area contributed by atoms with Crippen LogP contribution in [0.4, 0.5) is 8.78 Å². The summed E-state index contributed by atoms with van der Waals surface area (Å²) in [6.45, 7) is 4.24. The van der Waals surface area contributed by atoms with E-state index in [0.29, 0.717) is 19.0 Å².